The van der Waals surface area contributed by atoms with Crippen molar-refractivity contribution in [2.24, 2.45) is 7.05 Å². The lowest BCUT2D eigenvalue weighted by molar-refractivity contribution is -0.615. The average Bonchev–Trinajstić information content (AvgIpc) is 3.77. The first kappa shape index (κ1) is 28.3. The van der Waals surface area contributed by atoms with Crippen LogP contribution in [-0.2, 0) is 13.5 Å². The van der Waals surface area contributed by atoms with Crippen molar-refractivity contribution in [3.8, 4) is 28.1 Å². The second-order valence-corrected chi connectivity index (χ2v) is 10.1. The van der Waals surface area contributed by atoms with Crippen molar-refractivity contribution >= 4 is 23.2 Å². The predicted molar refractivity (Wildman–Crippen MR) is 143 cm³/mol. The van der Waals surface area contributed by atoms with E-state index in [-0.39, 0.29) is 44.8 Å². The molecule has 0 spiro atoms. The third-order valence-corrected chi connectivity index (χ3v) is 7.09. The van der Waals surface area contributed by atoms with E-state index < -0.39 is 24.4 Å². The topological polar surface area (TPSA) is 124 Å². The summed E-state index contributed by atoms with van der Waals surface area (Å²) in [4.78, 5) is 0. The molecule has 0 saturated carbocycles. The molecule has 6 aromatic rings. The minimum Gasteiger partial charge on any atom is -0.618 e. The molecule has 1 atom stereocenters. The molecular formula is C25H17Cl2F4N11O. The highest BCUT2D eigenvalue weighted by atomic mass is 35.5. The SMILES string of the molecule is Cn1nnc(F)c1-c1cnn([C@@H](Cc2cnn(C(F)F)c2)c2ccc(-c3c(-n4cc(Cl)nn4)ccc(Cl)c3F)c[n+]2[O-])c1. The first-order chi connectivity index (χ1) is 20.6. The lowest BCUT2D eigenvalue weighted by atomic mass is 10.0. The molecule has 5 aromatic heterocycles. The molecule has 12 nitrogen and oxygen atoms in total. The molecule has 6 rings (SSSR count). The van der Waals surface area contributed by atoms with Crippen molar-refractivity contribution in [1.29, 1.82) is 0 Å². The van der Waals surface area contributed by atoms with Crippen LogP contribution in [0.4, 0.5) is 17.6 Å². The molecule has 0 N–H and O–H groups in total. The van der Waals surface area contributed by atoms with E-state index in [2.05, 4.69) is 30.8 Å². The molecule has 0 saturated heterocycles. The summed E-state index contributed by atoms with van der Waals surface area (Å²) in [6, 6.07) is 4.87. The monoisotopic (exact) mass is 633 g/mol. The summed E-state index contributed by atoms with van der Waals surface area (Å²) in [5.74, 6) is -1.63. The first-order valence-corrected chi connectivity index (χ1v) is 13.1. The van der Waals surface area contributed by atoms with E-state index in [9.17, 15) is 18.4 Å². The summed E-state index contributed by atoms with van der Waals surface area (Å²) in [5, 5.41) is 36.1. The lowest BCUT2D eigenvalue weighted by Gasteiger charge is -2.18. The van der Waals surface area contributed by atoms with Gasteiger partial charge in [-0.2, -0.15) is 28.1 Å². The minimum absolute atomic E-state index is 0.00419. The number of rotatable bonds is 8. The van der Waals surface area contributed by atoms with Gasteiger partial charge < -0.3 is 5.21 Å². The van der Waals surface area contributed by atoms with Gasteiger partial charge in [-0.25, -0.2) is 18.4 Å². The first-order valence-electron chi connectivity index (χ1n) is 12.3. The van der Waals surface area contributed by atoms with E-state index in [1.807, 2.05) is 0 Å². The number of pyridine rings is 1. The van der Waals surface area contributed by atoms with Crippen LogP contribution in [0.2, 0.25) is 10.2 Å². The van der Waals surface area contributed by atoms with Gasteiger partial charge in [-0.15, -0.1) is 5.10 Å². The second-order valence-electron chi connectivity index (χ2n) is 9.30. The van der Waals surface area contributed by atoms with E-state index in [0.29, 0.717) is 20.5 Å². The molecule has 1 aromatic carbocycles. The van der Waals surface area contributed by atoms with Crippen molar-refractivity contribution < 1.29 is 22.3 Å². The molecular weight excluding hydrogens is 617 g/mol. The minimum atomic E-state index is -2.87. The van der Waals surface area contributed by atoms with Crippen LogP contribution in [0.25, 0.3) is 28.1 Å². The zero-order valence-corrected chi connectivity index (χ0v) is 23.2. The summed E-state index contributed by atoms with van der Waals surface area (Å²) >= 11 is 12.0. The number of nitrogens with zero attached hydrogens (tertiary/aromatic N) is 11. The third-order valence-electron chi connectivity index (χ3n) is 6.62. The van der Waals surface area contributed by atoms with Gasteiger partial charge in [-0.3, -0.25) is 4.68 Å². The molecule has 18 heteroatoms. The Kier molecular flexibility index (Phi) is 7.31. The molecule has 0 unspecified atom stereocenters. The zero-order chi connectivity index (χ0) is 30.4. The Hall–Kier alpha value is -4.83. The third kappa shape index (κ3) is 5.30. The van der Waals surface area contributed by atoms with E-state index in [1.165, 1.54) is 70.1 Å². The molecule has 5 heterocycles. The van der Waals surface area contributed by atoms with Crippen LogP contribution in [0.5, 0.6) is 0 Å². The summed E-state index contributed by atoms with van der Waals surface area (Å²) in [6.07, 6.45) is 7.71. The zero-order valence-electron chi connectivity index (χ0n) is 21.7. The summed E-state index contributed by atoms with van der Waals surface area (Å²) in [6.45, 7) is -2.87. The standard InChI is InChI=1S/C25H17Cl2F4N11O/c1-38-23(24(29)35-36-38)15-8-33-39(10-15)19(6-13-7-32-41(9-13)25(30)31)17-4-2-14(11-42(17)43)21-18(5-3-16(26)22(21)28)40-12-20(27)34-37-40/h2-5,7-12,19,25H,6H2,1H3/t19-/m0/s1. The summed E-state index contributed by atoms with van der Waals surface area (Å²) in [7, 11) is 1.50. The molecule has 0 aliphatic heterocycles. The number of hydrogen-bond donors (Lipinski definition) is 0. The molecule has 0 amide bonds. The van der Waals surface area contributed by atoms with Gasteiger partial charge in [0.1, 0.15) is 11.7 Å². The number of halogens is 6. The quantitative estimate of drug-likeness (QED) is 0.137. The Morgan fingerprint density at radius 3 is 2.37 bits per heavy atom. The van der Waals surface area contributed by atoms with Gasteiger partial charge in [0, 0.05) is 37.5 Å². The Balaban J connectivity index is 1.44. The molecule has 0 aliphatic rings. The van der Waals surface area contributed by atoms with E-state index in [4.69, 9.17) is 23.2 Å². The van der Waals surface area contributed by atoms with Crippen LogP contribution in [-0.4, -0.2) is 49.5 Å². The van der Waals surface area contributed by atoms with Crippen LogP contribution < -0.4 is 4.73 Å². The van der Waals surface area contributed by atoms with Crippen molar-refractivity contribution in [3.63, 3.8) is 0 Å². The van der Waals surface area contributed by atoms with Crippen molar-refractivity contribution in [1.82, 2.24) is 49.5 Å². The van der Waals surface area contributed by atoms with Gasteiger partial charge >= 0.3 is 6.55 Å². The van der Waals surface area contributed by atoms with Crippen molar-refractivity contribution in [3.05, 3.63) is 99.9 Å². The maximum Gasteiger partial charge on any atom is 0.333 e. The summed E-state index contributed by atoms with van der Waals surface area (Å²) < 4.78 is 60.9. The fourth-order valence-electron chi connectivity index (χ4n) is 4.68. The van der Waals surface area contributed by atoms with Crippen LogP contribution in [0.3, 0.4) is 0 Å². The number of benzene rings is 1. The highest BCUT2D eigenvalue weighted by Gasteiger charge is 2.28. The normalized spacial score (nSPS) is 12.4. The lowest BCUT2D eigenvalue weighted by Crippen LogP contribution is -2.36. The summed E-state index contributed by atoms with van der Waals surface area (Å²) in [5.41, 5.74) is 1.16. The van der Waals surface area contributed by atoms with Gasteiger partial charge in [0.2, 0.25) is 5.69 Å². The number of alkyl halides is 2. The molecule has 43 heavy (non-hydrogen) atoms. The maximum absolute atomic E-state index is 15.4. The highest BCUT2D eigenvalue weighted by Crippen LogP contribution is 2.34. The van der Waals surface area contributed by atoms with Crippen LogP contribution in [0.1, 0.15) is 23.8 Å². The maximum atomic E-state index is 15.4. The number of hydrogen-bond acceptors (Lipinski definition) is 7. The fourth-order valence-corrected chi connectivity index (χ4v) is 4.96. The fraction of sp³-hybridized carbons (Fsp3) is 0.160. The average molecular weight is 634 g/mol. The Bertz CT molecular complexity index is 1930. The molecule has 0 aliphatic carbocycles. The van der Waals surface area contributed by atoms with E-state index >= 15 is 4.39 Å². The molecule has 0 radical (unpaired) electrons. The van der Waals surface area contributed by atoms with Gasteiger partial charge in [0.25, 0.3) is 5.95 Å². The van der Waals surface area contributed by atoms with Gasteiger partial charge in [0.15, 0.2) is 17.2 Å². The van der Waals surface area contributed by atoms with Gasteiger partial charge in [-0.1, -0.05) is 38.7 Å². The molecule has 0 fully saturated rings. The number of aromatic nitrogens is 11. The van der Waals surface area contributed by atoms with Crippen molar-refractivity contribution in [2.45, 2.75) is 19.0 Å². The molecule has 0 bridgehead atoms. The Labute approximate surface area is 248 Å². The number of aryl methyl sites for hydroxylation is 1. The highest BCUT2D eigenvalue weighted by molar-refractivity contribution is 6.31. The van der Waals surface area contributed by atoms with Gasteiger partial charge in [-0.05, 0) is 23.8 Å². The Morgan fingerprint density at radius 2 is 1.72 bits per heavy atom. The van der Waals surface area contributed by atoms with Crippen LogP contribution in [0, 0.1) is 17.0 Å². The second kappa shape index (κ2) is 11.1. The predicted octanol–water partition coefficient (Wildman–Crippen LogP) is 4.57. The molecule has 220 valence electrons. The van der Waals surface area contributed by atoms with Crippen molar-refractivity contribution in [2.75, 3.05) is 0 Å². The van der Waals surface area contributed by atoms with Crippen LogP contribution in [0.15, 0.2) is 61.4 Å². The smallest absolute Gasteiger partial charge is 0.333 e. The van der Waals surface area contributed by atoms with E-state index in [0.717, 1.165) is 12.4 Å². The Morgan fingerprint density at radius 1 is 0.930 bits per heavy atom. The largest absolute Gasteiger partial charge is 0.618 e. The van der Waals surface area contributed by atoms with E-state index in [1.54, 1.807) is 0 Å². The van der Waals surface area contributed by atoms with Gasteiger partial charge in [0.05, 0.1) is 40.4 Å². The van der Waals surface area contributed by atoms with Crippen LogP contribution >= 0.6 is 23.2 Å².